The monoisotopic (exact) mass is 330 g/mol. The fourth-order valence-corrected chi connectivity index (χ4v) is 2.83. The highest BCUT2D eigenvalue weighted by molar-refractivity contribution is 7.22. The Morgan fingerprint density at radius 1 is 1.17 bits per heavy atom. The number of rotatable bonds is 3. The lowest BCUT2D eigenvalue weighted by Gasteiger charge is -2.04. The van der Waals surface area contributed by atoms with Crippen molar-refractivity contribution in [2.24, 2.45) is 0 Å². The lowest BCUT2D eigenvalue weighted by atomic mass is 10.2. The predicted octanol–water partition coefficient (Wildman–Crippen LogP) is 3.04. The largest absolute Gasteiger partial charge is 0.311 e. The van der Waals surface area contributed by atoms with Crippen LogP contribution in [0, 0.1) is 5.82 Å². The standard InChI is InChI=1S/C15H11FN4O2S/c1-8(21)18-13-6-9(4-5-17-13)14(22)20-15-19-11-3-2-10(16)7-12(11)23-15/h2-7H,1H3,(H,17,18,21)(H,19,20,22). The molecule has 23 heavy (non-hydrogen) atoms. The Hall–Kier alpha value is -2.87. The second-order valence-electron chi connectivity index (χ2n) is 4.70. The van der Waals surface area contributed by atoms with Gasteiger partial charge in [-0.2, -0.15) is 0 Å². The van der Waals surface area contributed by atoms with Crippen molar-refractivity contribution in [2.75, 3.05) is 10.6 Å². The zero-order valence-corrected chi connectivity index (χ0v) is 12.8. The van der Waals surface area contributed by atoms with Crippen LogP contribution in [0.2, 0.25) is 0 Å². The highest BCUT2D eigenvalue weighted by Crippen LogP contribution is 2.26. The van der Waals surface area contributed by atoms with Gasteiger partial charge in [0.15, 0.2) is 5.13 Å². The van der Waals surface area contributed by atoms with Crippen LogP contribution < -0.4 is 10.6 Å². The molecule has 0 aliphatic rings. The SMILES string of the molecule is CC(=O)Nc1cc(C(=O)Nc2nc3ccc(F)cc3s2)ccn1. The third-order valence-corrected chi connectivity index (χ3v) is 3.83. The van der Waals surface area contributed by atoms with Gasteiger partial charge in [-0.15, -0.1) is 0 Å². The summed E-state index contributed by atoms with van der Waals surface area (Å²) >= 11 is 1.18. The molecule has 0 saturated carbocycles. The molecule has 0 radical (unpaired) electrons. The molecule has 0 unspecified atom stereocenters. The number of halogens is 1. The van der Waals surface area contributed by atoms with Crippen LogP contribution in [0.1, 0.15) is 17.3 Å². The van der Waals surface area contributed by atoms with Crippen LogP contribution >= 0.6 is 11.3 Å². The molecule has 3 rings (SSSR count). The van der Waals surface area contributed by atoms with E-state index < -0.39 is 5.91 Å². The van der Waals surface area contributed by atoms with Gasteiger partial charge in [0.2, 0.25) is 5.91 Å². The maximum absolute atomic E-state index is 13.2. The molecule has 3 aromatic rings. The number of aromatic nitrogens is 2. The van der Waals surface area contributed by atoms with Gasteiger partial charge in [-0.25, -0.2) is 14.4 Å². The van der Waals surface area contributed by atoms with Gasteiger partial charge in [0.05, 0.1) is 10.2 Å². The van der Waals surface area contributed by atoms with Gasteiger partial charge < -0.3 is 5.32 Å². The fraction of sp³-hybridized carbons (Fsp3) is 0.0667. The molecular formula is C15H11FN4O2S. The maximum Gasteiger partial charge on any atom is 0.257 e. The van der Waals surface area contributed by atoms with Crippen LogP contribution in [-0.4, -0.2) is 21.8 Å². The molecule has 1 aromatic carbocycles. The van der Waals surface area contributed by atoms with Crippen LogP contribution in [0.5, 0.6) is 0 Å². The lowest BCUT2D eigenvalue weighted by Crippen LogP contribution is -2.13. The van der Waals surface area contributed by atoms with E-state index in [1.165, 1.54) is 48.7 Å². The van der Waals surface area contributed by atoms with E-state index >= 15 is 0 Å². The molecular weight excluding hydrogens is 319 g/mol. The number of hydrogen-bond donors (Lipinski definition) is 2. The first-order valence-corrected chi connectivity index (χ1v) is 7.44. The molecule has 2 aromatic heterocycles. The summed E-state index contributed by atoms with van der Waals surface area (Å²) in [6.07, 6.45) is 1.42. The van der Waals surface area contributed by atoms with E-state index in [2.05, 4.69) is 20.6 Å². The van der Waals surface area contributed by atoms with E-state index in [0.717, 1.165) is 0 Å². The maximum atomic E-state index is 13.2. The second kappa shape index (κ2) is 6.09. The number of carbonyl (C=O) groups is 2. The number of pyridine rings is 1. The van der Waals surface area contributed by atoms with Crippen LogP contribution in [0.15, 0.2) is 36.5 Å². The van der Waals surface area contributed by atoms with Gasteiger partial charge in [0, 0.05) is 18.7 Å². The number of benzene rings is 1. The zero-order chi connectivity index (χ0) is 16.4. The van der Waals surface area contributed by atoms with Gasteiger partial charge in [-0.1, -0.05) is 11.3 Å². The molecule has 2 amide bonds. The summed E-state index contributed by atoms with van der Waals surface area (Å²) in [7, 11) is 0. The van der Waals surface area contributed by atoms with Crippen LogP contribution in [0.4, 0.5) is 15.3 Å². The van der Waals surface area contributed by atoms with E-state index in [4.69, 9.17) is 0 Å². The Balaban J connectivity index is 1.81. The summed E-state index contributed by atoms with van der Waals surface area (Å²) in [6.45, 7) is 1.36. The summed E-state index contributed by atoms with van der Waals surface area (Å²) in [5.41, 5.74) is 0.939. The smallest absolute Gasteiger partial charge is 0.257 e. The number of fused-ring (bicyclic) bond motifs is 1. The molecule has 0 spiro atoms. The summed E-state index contributed by atoms with van der Waals surface area (Å²) in [4.78, 5) is 31.4. The average Bonchev–Trinajstić information content (AvgIpc) is 2.88. The summed E-state index contributed by atoms with van der Waals surface area (Å²) < 4.78 is 13.8. The minimum absolute atomic E-state index is 0.275. The quantitative estimate of drug-likeness (QED) is 0.773. The van der Waals surface area contributed by atoms with Gasteiger partial charge in [0.25, 0.3) is 5.91 Å². The lowest BCUT2D eigenvalue weighted by molar-refractivity contribution is -0.114. The van der Waals surface area contributed by atoms with Crippen molar-refractivity contribution in [3.8, 4) is 0 Å². The molecule has 0 saturated heterocycles. The second-order valence-corrected chi connectivity index (χ2v) is 5.73. The Morgan fingerprint density at radius 3 is 2.78 bits per heavy atom. The average molecular weight is 330 g/mol. The van der Waals surface area contributed by atoms with E-state index in [1.54, 1.807) is 6.07 Å². The molecule has 2 N–H and O–H groups in total. The highest BCUT2D eigenvalue weighted by atomic mass is 32.1. The van der Waals surface area contributed by atoms with Crippen molar-refractivity contribution in [1.29, 1.82) is 0 Å². The van der Waals surface area contributed by atoms with E-state index in [1.807, 2.05) is 0 Å². The van der Waals surface area contributed by atoms with E-state index in [9.17, 15) is 14.0 Å². The van der Waals surface area contributed by atoms with Crippen molar-refractivity contribution < 1.29 is 14.0 Å². The first-order valence-electron chi connectivity index (χ1n) is 6.62. The van der Waals surface area contributed by atoms with Gasteiger partial charge in [-0.05, 0) is 30.3 Å². The Morgan fingerprint density at radius 2 is 2.00 bits per heavy atom. The third kappa shape index (κ3) is 3.49. The van der Waals surface area contributed by atoms with Crippen molar-refractivity contribution >= 4 is 44.3 Å². The number of carbonyl (C=O) groups excluding carboxylic acids is 2. The minimum atomic E-state index is -0.390. The van der Waals surface area contributed by atoms with E-state index in [0.29, 0.717) is 20.9 Å². The molecule has 2 heterocycles. The Bertz CT molecular complexity index is 909. The molecule has 0 fully saturated rings. The Kier molecular flexibility index (Phi) is 3.98. The van der Waals surface area contributed by atoms with Crippen molar-refractivity contribution in [1.82, 2.24) is 9.97 Å². The number of nitrogens with zero attached hydrogens (tertiary/aromatic N) is 2. The molecule has 0 aliphatic heterocycles. The number of anilines is 2. The van der Waals surface area contributed by atoms with E-state index in [-0.39, 0.29) is 17.5 Å². The molecule has 0 bridgehead atoms. The van der Waals surface area contributed by atoms with Crippen LogP contribution in [-0.2, 0) is 4.79 Å². The fourth-order valence-electron chi connectivity index (χ4n) is 1.94. The van der Waals surface area contributed by atoms with Crippen molar-refractivity contribution in [3.05, 3.63) is 47.9 Å². The Labute approximate surface area is 134 Å². The third-order valence-electron chi connectivity index (χ3n) is 2.90. The number of amides is 2. The van der Waals surface area contributed by atoms with Crippen LogP contribution in [0.25, 0.3) is 10.2 Å². The molecule has 6 nitrogen and oxygen atoms in total. The summed E-state index contributed by atoms with van der Waals surface area (Å²) in [5.74, 6) is -0.730. The topological polar surface area (TPSA) is 84.0 Å². The van der Waals surface area contributed by atoms with Crippen molar-refractivity contribution in [2.45, 2.75) is 6.92 Å². The first kappa shape index (κ1) is 15.0. The molecule has 116 valence electrons. The minimum Gasteiger partial charge on any atom is -0.311 e. The summed E-state index contributed by atoms with van der Waals surface area (Å²) in [6, 6.07) is 7.22. The highest BCUT2D eigenvalue weighted by Gasteiger charge is 2.11. The predicted molar refractivity (Wildman–Crippen MR) is 86.1 cm³/mol. The zero-order valence-electron chi connectivity index (χ0n) is 12.0. The number of hydrogen-bond acceptors (Lipinski definition) is 5. The normalized spacial score (nSPS) is 10.5. The van der Waals surface area contributed by atoms with Gasteiger partial charge >= 0.3 is 0 Å². The first-order chi connectivity index (χ1) is 11.0. The molecule has 0 aliphatic carbocycles. The van der Waals surface area contributed by atoms with Gasteiger partial charge in [-0.3, -0.25) is 14.9 Å². The molecule has 8 heteroatoms. The number of nitrogens with one attached hydrogen (secondary N) is 2. The number of thiazole rings is 1. The van der Waals surface area contributed by atoms with Gasteiger partial charge in [0.1, 0.15) is 11.6 Å². The molecule has 0 atom stereocenters. The summed E-state index contributed by atoms with van der Waals surface area (Å²) in [5, 5.41) is 5.53. The van der Waals surface area contributed by atoms with Crippen molar-refractivity contribution in [3.63, 3.8) is 0 Å². The van der Waals surface area contributed by atoms with Crippen LogP contribution in [0.3, 0.4) is 0 Å².